The minimum absolute atomic E-state index is 0.614. The molecule has 0 fully saturated rings. The number of nitrogens with zero attached hydrogens (tertiary/aromatic N) is 3. The lowest BCUT2D eigenvalue weighted by Crippen LogP contribution is -1.81. The second-order valence-electron chi connectivity index (χ2n) is 3.94. The van der Waals surface area contributed by atoms with Gasteiger partial charge >= 0.3 is 0 Å². The Morgan fingerprint density at radius 1 is 1.25 bits per heavy atom. The standard InChI is InChI=1S/C13H12N4O2S/c1-18-10-4-2-9(3-5-10)11-6-14-12(19-11)8-20-13-7-15-17-16-13/h2-7H,8H2,1H3,(H,15,16,17). The molecule has 7 heteroatoms. The highest BCUT2D eigenvalue weighted by atomic mass is 32.2. The Morgan fingerprint density at radius 2 is 2.10 bits per heavy atom. The third-order valence-electron chi connectivity index (χ3n) is 2.66. The number of methoxy groups -OCH3 is 1. The smallest absolute Gasteiger partial charge is 0.205 e. The van der Waals surface area contributed by atoms with Crippen LogP contribution >= 0.6 is 11.8 Å². The van der Waals surface area contributed by atoms with Gasteiger partial charge in [-0.05, 0) is 24.3 Å². The summed E-state index contributed by atoms with van der Waals surface area (Å²) >= 11 is 1.51. The summed E-state index contributed by atoms with van der Waals surface area (Å²) in [6, 6.07) is 7.66. The molecule has 3 rings (SSSR count). The lowest BCUT2D eigenvalue weighted by atomic mass is 10.2. The summed E-state index contributed by atoms with van der Waals surface area (Å²) < 4.78 is 10.8. The van der Waals surface area contributed by atoms with Crippen LogP contribution in [0.4, 0.5) is 0 Å². The predicted molar refractivity (Wildman–Crippen MR) is 74.4 cm³/mol. The number of rotatable bonds is 5. The minimum atomic E-state index is 0.614. The molecule has 1 aromatic carbocycles. The van der Waals surface area contributed by atoms with Crippen LogP contribution < -0.4 is 4.74 Å². The van der Waals surface area contributed by atoms with E-state index < -0.39 is 0 Å². The fourth-order valence-electron chi connectivity index (χ4n) is 1.66. The molecule has 0 spiro atoms. The van der Waals surface area contributed by atoms with Crippen molar-refractivity contribution in [3.8, 4) is 17.1 Å². The number of oxazole rings is 1. The van der Waals surface area contributed by atoms with Gasteiger partial charge in [0.05, 0.1) is 25.3 Å². The first-order valence-electron chi connectivity index (χ1n) is 5.93. The van der Waals surface area contributed by atoms with E-state index in [1.807, 2.05) is 24.3 Å². The number of aromatic amines is 1. The molecule has 0 bridgehead atoms. The Labute approximate surface area is 119 Å². The lowest BCUT2D eigenvalue weighted by Gasteiger charge is -2.00. The molecular formula is C13H12N4O2S. The summed E-state index contributed by atoms with van der Waals surface area (Å²) in [5, 5.41) is 11.1. The van der Waals surface area contributed by atoms with Crippen LogP contribution in [0.15, 0.2) is 46.1 Å². The van der Waals surface area contributed by atoms with Gasteiger partial charge in [0.2, 0.25) is 5.89 Å². The van der Waals surface area contributed by atoms with Crippen LogP contribution in [0.3, 0.4) is 0 Å². The molecule has 0 aliphatic carbocycles. The minimum Gasteiger partial charge on any atom is -0.497 e. The molecule has 102 valence electrons. The van der Waals surface area contributed by atoms with Gasteiger partial charge in [-0.2, -0.15) is 10.3 Å². The van der Waals surface area contributed by atoms with Crippen molar-refractivity contribution in [1.82, 2.24) is 20.4 Å². The fraction of sp³-hybridized carbons (Fsp3) is 0.154. The Balaban J connectivity index is 1.69. The second-order valence-corrected chi connectivity index (χ2v) is 4.94. The molecule has 0 saturated heterocycles. The zero-order valence-corrected chi connectivity index (χ0v) is 11.6. The van der Waals surface area contributed by atoms with Crippen LogP contribution in [0.2, 0.25) is 0 Å². The highest BCUT2D eigenvalue weighted by Crippen LogP contribution is 2.25. The average Bonchev–Trinajstić information content (AvgIpc) is 3.17. The van der Waals surface area contributed by atoms with Crippen LogP contribution in [-0.2, 0) is 5.75 Å². The molecule has 0 aliphatic heterocycles. The van der Waals surface area contributed by atoms with Gasteiger partial charge in [-0.1, -0.05) is 11.8 Å². The van der Waals surface area contributed by atoms with Crippen LogP contribution in [-0.4, -0.2) is 27.5 Å². The van der Waals surface area contributed by atoms with E-state index in [0.29, 0.717) is 11.6 Å². The molecule has 2 heterocycles. The first-order valence-corrected chi connectivity index (χ1v) is 6.91. The van der Waals surface area contributed by atoms with Crippen molar-refractivity contribution in [1.29, 1.82) is 0 Å². The topological polar surface area (TPSA) is 76.8 Å². The van der Waals surface area contributed by atoms with E-state index in [4.69, 9.17) is 9.15 Å². The van der Waals surface area contributed by atoms with Crippen LogP contribution in [0, 0.1) is 0 Å². The molecule has 0 unspecified atom stereocenters. The van der Waals surface area contributed by atoms with E-state index in [1.54, 1.807) is 19.5 Å². The molecule has 3 aromatic rings. The molecule has 0 amide bonds. The molecule has 1 N–H and O–H groups in total. The summed E-state index contributed by atoms with van der Waals surface area (Å²) in [7, 11) is 1.64. The number of benzene rings is 1. The quantitative estimate of drug-likeness (QED) is 0.727. The molecule has 0 radical (unpaired) electrons. The van der Waals surface area contributed by atoms with E-state index in [1.165, 1.54) is 11.8 Å². The number of nitrogens with one attached hydrogen (secondary N) is 1. The summed E-state index contributed by atoms with van der Waals surface area (Å²) in [6.07, 6.45) is 3.39. The first kappa shape index (κ1) is 12.7. The van der Waals surface area contributed by atoms with Gasteiger partial charge in [0.25, 0.3) is 0 Å². The van der Waals surface area contributed by atoms with Gasteiger partial charge < -0.3 is 9.15 Å². The molecule has 2 aromatic heterocycles. The average molecular weight is 288 g/mol. The Hall–Kier alpha value is -2.28. The predicted octanol–water partition coefficient (Wildman–Crippen LogP) is 2.76. The summed E-state index contributed by atoms with van der Waals surface area (Å²) in [5.74, 6) is 2.82. The van der Waals surface area contributed by atoms with E-state index in [2.05, 4.69) is 20.4 Å². The molecule has 20 heavy (non-hydrogen) atoms. The van der Waals surface area contributed by atoms with E-state index in [0.717, 1.165) is 22.1 Å². The number of ether oxygens (including phenoxy) is 1. The largest absolute Gasteiger partial charge is 0.497 e. The number of aromatic nitrogens is 4. The van der Waals surface area contributed by atoms with E-state index in [-0.39, 0.29) is 0 Å². The maximum Gasteiger partial charge on any atom is 0.205 e. The molecule has 6 nitrogen and oxygen atoms in total. The maximum atomic E-state index is 5.71. The van der Waals surface area contributed by atoms with Crippen molar-refractivity contribution in [3.05, 3.63) is 42.5 Å². The van der Waals surface area contributed by atoms with Gasteiger partial charge in [-0.25, -0.2) is 4.98 Å². The summed E-state index contributed by atoms with van der Waals surface area (Å²) in [6.45, 7) is 0. The zero-order valence-electron chi connectivity index (χ0n) is 10.7. The van der Waals surface area contributed by atoms with Gasteiger partial charge in [0.15, 0.2) is 5.76 Å². The number of hydrogen-bond acceptors (Lipinski definition) is 6. The summed E-state index contributed by atoms with van der Waals surface area (Å²) in [5.41, 5.74) is 0.969. The number of thioether (sulfide) groups is 1. The Bertz CT molecular complexity index is 664. The lowest BCUT2D eigenvalue weighted by molar-refractivity contribution is 0.415. The maximum absolute atomic E-state index is 5.71. The number of hydrogen-bond donors (Lipinski definition) is 1. The third-order valence-corrected chi connectivity index (χ3v) is 3.55. The van der Waals surface area contributed by atoms with Crippen molar-refractivity contribution in [2.45, 2.75) is 10.8 Å². The van der Waals surface area contributed by atoms with Crippen LogP contribution in [0.5, 0.6) is 5.75 Å². The van der Waals surface area contributed by atoms with E-state index >= 15 is 0 Å². The van der Waals surface area contributed by atoms with E-state index in [9.17, 15) is 0 Å². The van der Waals surface area contributed by atoms with Crippen LogP contribution in [0.25, 0.3) is 11.3 Å². The SMILES string of the molecule is COc1ccc(-c2cnc(CSc3cn[nH]n3)o2)cc1. The number of H-pyrrole nitrogens is 1. The molecule has 0 aliphatic rings. The van der Waals surface area contributed by atoms with Crippen molar-refractivity contribution >= 4 is 11.8 Å². The second kappa shape index (κ2) is 5.79. The third kappa shape index (κ3) is 2.83. The highest BCUT2D eigenvalue weighted by Gasteiger charge is 2.08. The Kier molecular flexibility index (Phi) is 3.69. The first-order chi connectivity index (χ1) is 9.85. The Morgan fingerprint density at radius 3 is 2.80 bits per heavy atom. The molecule has 0 atom stereocenters. The summed E-state index contributed by atoms with van der Waals surface area (Å²) in [4.78, 5) is 4.26. The van der Waals surface area contributed by atoms with Crippen LogP contribution in [0.1, 0.15) is 5.89 Å². The normalized spacial score (nSPS) is 10.7. The van der Waals surface area contributed by atoms with Crippen molar-refractivity contribution < 1.29 is 9.15 Å². The van der Waals surface area contributed by atoms with Gasteiger partial charge in [-0.15, -0.1) is 5.10 Å². The van der Waals surface area contributed by atoms with Gasteiger partial charge in [0.1, 0.15) is 10.8 Å². The highest BCUT2D eigenvalue weighted by molar-refractivity contribution is 7.98. The molecular weight excluding hydrogens is 276 g/mol. The molecule has 0 saturated carbocycles. The van der Waals surface area contributed by atoms with Crippen molar-refractivity contribution in [2.75, 3.05) is 7.11 Å². The van der Waals surface area contributed by atoms with Crippen molar-refractivity contribution in [3.63, 3.8) is 0 Å². The fourth-order valence-corrected chi connectivity index (χ4v) is 2.30. The zero-order chi connectivity index (χ0) is 13.8. The van der Waals surface area contributed by atoms with Gasteiger partial charge in [-0.3, -0.25) is 0 Å². The van der Waals surface area contributed by atoms with Gasteiger partial charge in [0, 0.05) is 5.56 Å². The van der Waals surface area contributed by atoms with Crippen molar-refractivity contribution in [2.24, 2.45) is 0 Å². The monoisotopic (exact) mass is 288 g/mol.